The summed E-state index contributed by atoms with van der Waals surface area (Å²) < 4.78 is 0. The monoisotopic (exact) mass is 216 g/mol. The third kappa shape index (κ3) is 2.37. The molecule has 0 aliphatic heterocycles. The molecular formula is C14H16S. The van der Waals surface area contributed by atoms with Crippen molar-refractivity contribution in [1.82, 2.24) is 0 Å². The number of thiophene rings is 1. The molecule has 0 amide bonds. The van der Waals surface area contributed by atoms with Gasteiger partial charge in [0.25, 0.3) is 0 Å². The lowest BCUT2D eigenvalue weighted by molar-refractivity contribution is 1.71. The van der Waals surface area contributed by atoms with E-state index < -0.39 is 0 Å². The molecular weight excluding hydrogens is 200 g/mol. The fourth-order valence-corrected chi connectivity index (χ4v) is 2.72. The van der Waals surface area contributed by atoms with E-state index in [1.807, 2.05) is 38.2 Å². The lowest BCUT2D eigenvalue weighted by atomic mass is 10.1. The van der Waals surface area contributed by atoms with Crippen molar-refractivity contribution in [3.8, 4) is 0 Å². The Morgan fingerprint density at radius 3 is 1.53 bits per heavy atom. The molecule has 1 heteroatoms. The first-order chi connectivity index (χ1) is 7.28. The van der Waals surface area contributed by atoms with Gasteiger partial charge in [-0.05, 0) is 37.1 Å². The molecule has 0 saturated heterocycles. The largest absolute Gasteiger partial charge is 0.135 e. The molecule has 15 heavy (non-hydrogen) atoms. The zero-order chi connectivity index (χ0) is 11.3. The molecule has 0 atom stereocenters. The Labute approximate surface area is 96.0 Å². The molecule has 1 aromatic heterocycles. The van der Waals surface area contributed by atoms with Crippen LogP contribution in [0.2, 0.25) is 0 Å². The first-order valence-corrected chi connectivity index (χ1v) is 5.77. The quantitative estimate of drug-likeness (QED) is 0.656. The Morgan fingerprint density at radius 1 is 0.867 bits per heavy atom. The molecule has 0 aromatic carbocycles. The van der Waals surface area contributed by atoms with Crippen molar-refractivity contribution in [2.75, 3.05) is 0 Å². The van der Waals surface area contributed by atoms with Gasteiger partial charge < -0.3 is 0 Å². The summed E-state index contributed by atoms with van der Waals surface area (Å²) in [7, 11) is 0. The van der Waals surface area contributed by atoms with Crippen LogP contribution in [0.15, 0.2) is 25.3 Å². The van der Waals surface area contributed by atoms with E-state index in [0.717, 1.165) is 0 Å². The average molecular weight is 216 g/mol. The molecule has 0 fully saturated rings. The maximum atomic E-state index is 3.86. The van der Waals surface area contributed by atoms with E-state index >= 15 is 0 Å². The van der Waals surface area contributed by atoms with E-state index in [1.165, 1.54) is 20.9 Å². The van der Waals surface area contributed by atoms with Gasteiger partial charge in [0.2, 0.25) is 0 Å². The summed E-state index contributed by atoms with van der Waals surface area (Å²) >= 11 is 1.77. The van der Waals surface area contributed by atoms with Crippen LogP contribution in [-0.2, 0) is 0 Å². The molecule has 78 valence electrons. The second kappa shape index (κ2) is 5.52. The average Bonchev–Trinajstić information content (AvgIpc) is 2.56. The first-order valence-electron chi connectivity index (χ1n) is 4.95. The van der Waals surface area contributed by atoms with Gasteiger partial charge in [-0.25, -0.2) is 0 Å². The molecule has 0 saturated carbocycles. The van der Waals surface area contributed by atoms with Gasteiger partial charge in [-0.15, -0.1) is 11.3 Å². The summed E-state index contributed by atoms with van der Waals surface area (Å²) in [6.07, 6.45) is 12.1. The summed E-state index contributed by atoms with van der Waals surface area (Å²) in [6, 6.07) is 0. The summed E-state index contributed by atoms with van der Waals surface area (Å²) in [4.78, 5) is 2.49. The Bertz CT molecular complexity index is 378. The van der Waals surface area contributed by atoms with Gasteiger partial charge in [0.15, 0.2) is 0 Å². The van der Waals surface area contributed by atoms with Crippen LogP contribution in [0.1, 0.15) is 34.7 Å². The topological polar surface area (TPSA) is 0 Å². The van der Waals surface area contributed by atoms with Gasteiger partial charge in [-0.3, -0.25) is 0 Å². The maximum Gasteiger partial charge on any atom is 0.0351 e. The molecule has 1 heterocycles. The molecule has 0 unspecified atom stereocenters. The van der Waals surface area contributed by atoms with Crippen LogP contribution in [0.4, 0.5) is 0 Å². The highest BCUT2D eigenvalue weighted by Gasteiger charge is 2.09. The molecule has 0 nitrogen and oxygen atoms in total. The lowest BCUT2D eigenvalue weighted by Gasteiger charge is -1.94. The van der Waals surface area contributed by atoms with Crippen LogP contribution in [0.5, 0.6) is 0 Å². The highest BCUT2D eigenvalue weighted by atomic mass is 32.1. The molecule has 0 aliphatic rings. The van der Waals surface area contributed by atoms with Crippen molar-refractivity contribution in [3.05, 3.63) is 46.2 Å². The number of hydrogen-bond acceptors (Lipinski definition) is 1. The molecule has 0 bridgehead atoms. The molecule has 0 spiro atoms. The Balaban J connectivity index is 3.42. The van der Waals surface area contributed by atoms with Crippen LogP contribution in [-0.4, -0.2) is 0 Å². The van der Waals surface area contributed by atoms with Gasteiger partial charge >= 0.3 is 0 Å². The highest BCUT2D eigenvalue weighted by molar-refractivity contribution is 7.14. The minimum atomic E-state index is 1.18. The Kier molecular flexibility index (Phi) is 4.32. The molecule has 1 aromatic rings. The van der Waals surface area contributed by atoms with E-state index in [0.29, 0.717) is 0 Å². The molecule has 0 N–H and O–H groups in total. The minimum absolute atomic E-state index is 1.18. The third-order valence-electron chi connectivity index (χ3n) is 2.09. The van der Waals surface area contributed by atoms with Crippen molar-refractivity contribution in [1.29, 1.82) is 0 Å². The number of rotatable bonds is 4. The summed E-state index contributed by atoms with van der Waals surface area (Å²) in [5.41, 5.74) is 2.36. The zero-order valence-electron chi connectivity index (χ0n) is 9.29. The molecule has 0 radical (unpaired) electrons. The molecule has 0 aliphatic carbocycles. The van der Waals surface area contributed by atoms with Crippen molar-refractivity contribution >= 4 is 35.6 Å². The summed E-state index contributed by atoms with van der Waals surface area (Å²) in [5, 5.41) is 0. The van der Waals surface area contributed by atoms with E-state index in [9.17, 15) is 0 Å². The van der Waals surface area contributed by atoms with Crippen LogP contribution in [0.3, 0.4) is 0 Å². The van der Waals surface area contributed by atoms with Crippen molar-refractivity contribution in [2.45, 2.75) is 13.8 Å². The normalized spacial score (nSPS) is 11.3. The predicted molar refractivity (Wildman–Crippen MR) is 73.9 cm³/mol. The number of allylic oxidation sites excluding steroid dienone is 2. The van der Waals surface area contributed by atoms with Gasteiger partial charge in [0.05, 0.1) is 0 Å². The molecule has 1 rings (SSSR count). The summed E-state index contributed by atoms with van der Waals surface area (Å²) in [6.45, 7) is 11.8. The predicted octanol–water partition coefficient (Wildman–Crippen LogP) is 5.10. The second-order valence-electron chi connectivity index (χ2n) is 3.07. The highest BCUT2D eigenvalue weighted by Crippen LogP contribution is 2.32. The smallest absolute Gasteiger partial charge is 0.0351 e. The van der Waals surface area contributed by atoms with Gasteiger partial charge in [-0.2, -0.15) is 0 Å². The van der Waals surface area contributed by atoms with Crippen LogP contribution in [0, 0.1) is 0 Å². The maximum absolute atomic E-state index is 3.86. The Hall–Kier alpha value is -1.34. The van der Waals surface area contributed by atoms with Gasteiger partial charge in [0.1, 0.15) is 0 Å². The SMILES string of the molecule is C=Cc1c(/C=C\C)sc(/C=C\C)c1C=C. The fourth-order valence-electron chi connectivity index (χ4n) is 1.47. The van der Waals surface area contributed by atoms with E-state index in [2.05, 4.69) is 25.3 Å². The van der Waals surface area contributed by atoms with E-state index in [-0.39, 0.29) is 0 Å². The standard InChI is InChI=1S/C14H16S/c1-5-9-13-11(7-3)12(8-4)14(15-13)10-6-2/h5-10H,3-4H2,1-2H3/b9-5-,10-6-. The van der Waals surface area contributed by atoms with Crippen molar-refractivity contribution in [2.24, 2.45) is 0 Å². The Morgan fingerprint density at radius 2 is 1.27 bits per heavy atom. The second-order valence-corrected chi connectivity index (χ2v) is 4.15. The lowest BCUT2D eigenvalue weighted by Crippen LogP contribution is -1.76. The van der Waals surface area contributed by atoms with E-state index in [4.69, 9.17) is 0 Å². The third-order valence-corrected chi connectivity index (χ3v) is 3.24. The van der Waals surface area contributed by atoms with Crippen molar-refractivity contribution in [3.63, 3.8) is 0 Å². The first kappa shape index (κ1) is 11.7. The van der Waals surface area contributed by atoms with Gasteiger partial charge in [-0.1, -0.05) is 37.5 Å². The zero-order valence-corrected chi connectivity index (χ0v) is 10.1. The minimum Gasteiger partial charge on any atom is -0.135 e. The fraction of sp³-hybridized carbons (Fsp3) is 0.143. The number of hydrogen-bond donors (Lipinski definition) is 0. The van der Waals surface area contributed by atoms with Gasteiger partial charge in [0, 0.05) is 9.75 Å². The van der Waals surface area contributed by atoms with Crippen LogP contribution >= 0.6 is 11.3 Å². The van der Waals surface area contributed by atoms with Crippen LogP contribution < -0.4 is 0 Å². The van der Waals surface area contributed by atoms with E-state index in [1.54, 1.807) is 11.3 Å². The van der Waals surface area contributed by atoms with Crippen LogP contribution in [0.25, 0.3) is 24.3 Å². The summed E-state index contributed by atoms with van der Waals surface area (Å²) in [5.74, 6) is 0. The van der Waals surface area contributed by atoms with Crippen molar-refractivity contribution < 1.29 is 0 Å².